The summed E-state index contributed by atoms with van der Waals surface area (Å²) in [4.78, 5) is 20.2. The number of hydrogen-bond acceptors (Lipinski definition) is 6. The van der Waals surface area contributed by atoms with E-state index >= 15 is 0 Å². The Labute approximate surface area is 126 Å². The van der Waals surface area contributed by atoms with E-state index in [1.807, 2.05) is 18.2 Å². The quantitative estimate of drug-likeness (QED) is 0.768. The Balaban J connectivity index is 1.67. The van der Waals surface area contributed by atoms with E-state index in [-0.39, 0.29) is 11.6 Å². The second-order valence-corrected chi connectivity index (χ2v) is 4.55. The molecule has 22 heavy (non-hydrogen) atoms. The fourth-order valence-electron chi connectivity index (χ4n) is 1.78. The van der Waals surface area contributed by atoms with Crippen LogP contribution in [0.2, 0.25) is 0 Å². The molecule has 7 nitrogen and oxygen atoms in total. The van der Waals surface area contributed by atoms with Crippen molar-refractivity contribution in [1.82, 2.24) is 15.1 Å². The zero-order valence-electron chi connectivity index (χ0n) is 11.8. The van der Waals surface area contributed by atoms with E-state index < -0.39 is 0 Å². The van der Waals surface area contributed by atoms with Gasteiger partial charge < -0.3 is 15.2 Å². The van der Waals surface area contributed by atoms with Crippen LogP contribution in [0.3, 0.4) is 0 Å². The van der Waals surface area contributed by atoms with Crippen molar-refractivity contribution in [3.8, 4) is 0 Å². The number of para-hydroxylation sites is 1. The molecule has 0 saturated heterocycles. The number of nitrogens with zero attached hydrogens (tertiary/aromatic N) is 3. The van der Waals surface area contributed by atoms with Crippen LogP contribution in [0.5, 0.6) is 0 Å². The first-order chi connectivity index (χ1) is 10.7. The molecule has 0 aliphatic rings. The number of benzene rings is 1. The molecule has 0 spiro atoms. The maximum Gasteiger partial charge on any atom is 0.275 e. The van der Waals surface area contributed by atoms with Crippen molar-refractivity contribution < 1.29 is 9.32 Å². The number of aromatic nitrogens is 3. The predicted octanol–water partition coefficient (Wildman–Crippen LogP) is 2.77. The molecule has 7 heteroatoms. The standard InChI is InChI=1S/C15H13N5O2/c1-10-7-13(20-22-10)19-14-9-16-12(8-17-14)15(21)18-11-5-3-2-4-6-11/h2-9H,1H3,(H,18,21)(H,17,19,20). The van der Waals surface area contributed by atoms with E-state index in [9.17, 15) is 4.79 Å². The normalized spacial score (nSPS) is 10.2. The molecule has 2 heterocycles. The Kier molecular flexibility index (Phi) is 3.78. The molecule has 2 aromatic heterocycles. The summed E-state index contributed by atoms with van der Waals surface area (Å²) >= 11 is 0. The highest BCUT2D eigenvalue weighted by Gasteiger charge is 2.09. The number of carbonyl (C=O) groups excluding carboxylic acids is 1. The van der Waals surface area contributed by atoms with Crippen LogP contribution >= 0.6 is 0 Å². The van der Waals surface area contributed by atoms with Gasteiger partial charge in [-0.25, -0.2) is 9.97 Å². The van der Waals surface area contributed by atoms with Crippen LogP contribution in [0.15, 0.2) is 53.3 Å². The Hall–Kier alpha value is -3.22. The summed E-state index contributed by atoms with van der Waals surface area (Å²) in [6, 6.07) is 10.9. The lowest BCUT2D eigenvalue weighted by molar-refractivity contribution is 0.102. The largest absolute Gasteiger partial charge is 0.360 e. The molecule has 0 radical (unpaired) electrons. The lowest BCUT2D eigenvalue weighted by atomic mass is 10.3. The minimum Gasteiger partial charge on any atom is -0.360 e. The number of anilines is 3. The van der Waals surface area contributed by atoms with Crippen LogP contribution in [0.4, 0.5) is 17.3 Å². The number of rotatable bonds is 4. The number of nitrogens with one attached hydrogen (secondary N) is 2. The van der Waals surface area contributed by atoms with Crippen molar-refractivity contribution in [2.75, 3.05) is 10.6 Å². The SMILES string of the molecule is Cc1cc(Nc2cnc(C(=O)Nc3ccccc3)cn2)no1. The third-order valence-electron chi connectivity index (χ3n) is 2.80. The van der Waals surface area contributed by atoms with Crippen LogP contribution in [0.25, 0.3) is 0 Å². The molecular formula is C15H13N5O2. The van der Waals surface area contributed by atoms with Gasteiger partial charge in [0.2, 0.25) is 0 Å². The second-order valence-electron chi connectivity index (χ2n) is 4.55. The summed E-state index contributed by atoms with van der Waals surface area (Å²) in [6.07, 6.45) is 2.86. The molecule has 0 unspecified atom stereocenters. The number of carbonyl (C=O) groups is 1. The van der Waals surface area contributed by atoms with E-state index in [0.717, 1.165) is 0 Å². The fraction of sp³-hybridized carbons (Fsp3) is 0.0667. The summed E-state index contributed by atoms with van der Waals surface area (Å²) in [7, 11) is 0. The summed E-state index contributed by atoms with van der Waals surface area (Å²) < 4.78 is 4.94. The molecule has 0 fully saturated rings. The highest BCUT2D eigenvalue weighted by atomic mass is 16.5. The summed E-state index contributed by atoms with van der Waals surface area (Å²) in [5.74, 6) is 1.38. The maximum absolute atomic E-state index is 12.0. The van der Waals surface area contributed by atoms with E-state index in [1.54, 1.807) is 25.1 Å². The van der Waals surface area contributed by atoms with Gasteiger partial charge in [0.25, 0.3) is 5.91 Å². The van der Waals surface area contributed by atoms with Crippen LogP contribution in [0, 0.1) is 6.92 Å². The van der Waals surface area contributed by atoms with Crippen LogP contribution in [-0.2, 0) is 0 Å². The topological polar surface area (TPSA) is 92.9 Å². The van der Waals surface area contributed by atoms with Gasteiger partial charge in [0.05, 0.1) is 12.4 Å². The van der Waals surface area contributed by atoms with E-state index in [1.165, 1.54) is 12.4 Å². The Morgan fingerprint density at radius 3 is 2.55 bits per heavy atom. The van der Waals surface area contributed by atoms with Gasteiger partial charge in [-0.05, 0) is 19.1 Å². The van der Waals surface area contributed by atoms with Gasteiger partial charge >= 0.3 is 0 Å². The zero-order chi connectivity index (χ0) is 15.4. The molecule has 1 amide bonds. The summed E-state index contributed by atoms with van der Waals surface area (Å²) in [6.45, 7) is 1.79. The first kappa shape index (κ1) is 13.7. The summed E-state index contributed by atoms with van der Waals surface area (Å²) in [5, 5.41) is 9.46. The van der Waals surface area contributed by atoms with Gasteiger partial charge in [-0.15, -0.1) is 0 Å². The highest BCUT2D eigenvalue weighted by molar-refractivity contribution is 6.02. The minimum atomic E-state index is -0.317. The van der Waals surface area contributed by atoms with Crippen LogP contribution in [-0.4, -0.2) is 21.0 Å². The van der Waals surface area contributed by atoms with Gasteiger partial charge in [0, 0.05) is 11.8 Å². The van der Waals surface area contributed by atoms with Gasteiger partial charge in [0.15, 0.2) is 5.82 Å². The molecule has 3 rings (SSSR count). The molecule has 3 aromatic rings. The monoisotopic (exact) mass is 295 g/mol. The van der Waals surface area contributed by atoms with Crippen molar-refractivity contribution in [3.05, 3.63) is 60.2 Å². The molecule has 2 N–H and O–H groups in total. The third-order valence-corrected chi connectivity index (χ3v) is 2.80. The van der Waals surface area contributed by atoms with E-state index in [4.69, 9.17) is 4.52 Å². The van der Waals surface area contributed by atoms with Crippen molar-refractivity contribution in [2.24, 2.45) is 0 Å². The van der Waals surface area contributed by atoms with Crippen molar-refractivity contribution in [2.45, 2.75) is 6.92 Å². The predicted molar refractivity (Wildman–Crippen MR) is 80.9 cm³/mol. The van der Waals surface area contributed by atoms with E-state index in [2.05, 4.69) is 25.8 Å². The number of hydrogen-bond donors (Lipinski definition) is 2. The molecule has 0 bridgehead atoms. The Morgan fingerprint density at radius 1 is 1.09 bits per heavy atom. The minimum absolute atomic E-state index is 0.228. The van der Waals surface area contributed by atoms with Gasteiger partial charge in [-0.2, -0.15) is 0 Å². The molecule has 0 atom stereocenters. The smallest absolute Gasteiger partial charge is 0.275 e. The zero-order valence-corrected chi connectivity index (χ0v) is 11.8. The first-order valence-corrected chi connectivity index (χ1v) is 6.59. The molecule has 1 aromatic carbocycles. The highest BCUT2D eigenvalue weighted by Crippen LogP contribution is 2.13. The Morgan fingerprint density at radius 2 is 1.91 bits per heavy atom. The average Bonchev–Trinajstić information content (AvgIpc) is 2.94. The molecular weight excluding hydrogens is 282 g/mol. The Bertz CT molecular complexity index is 768. The molecule has 110 valence electrons. The van der Waals surface area contributed by atoms with Crippen LogP contribution < -0.4 is 10.6 Å². The van der Waals surface area contributed by atoms with Crippen LogP contribution in [0.1, 0.15) is 16.2 Å². The summed E-state index contributed by atoms with van der Waals surface area (Å²) in [5.41, 5.74) is 0.931. The van der Waals surface area contributed by atoms with E-state index in [0.29, 0.717) is 23.1 Å². The lowest BCUT2D eigenvalue weighted by Crippen LogP contribution is -2.14. The number of aryl methyl sites for hydroxylation is 1. The molecule has 0 saturated carbocycles. The van der Waals surface area contributed by atoms with Gasteiger partial charge in [-0.1, -0.05) is 23.4 Å². The maximum atomic E-state index is 12.0. The molecule has 0 aliphatic carbocycles. The van der Waals surface area contributed by atoms with Crippen molar-refractivity contribution >= 4 is 23.2 Å². The fourth-order valence-corrected chi connectivity index (χ4v) is 1.78. The van der Waals surface area contributed by atoms with Crippen molar-refractivity contribution in [3.63, 3.8) is 0 Å². The average molecular weight is 295 g/mol. The van der Waals surface area contributed by atoms with Gasteiger partial charge in [0.1, 0.15) is 17.3 Å². The third kappa shape index (κ3) is 3.26. The molecule has 0 aliphatic heterocycles. The van der Waals surface area contributed by atoms with Gasteiger partial charge in [-0.3, -0.25) is 4.79 Å². The first-order valence-electron chi connectivity index (χ1n) is 6.59. The number of amides is 1. The van der Waals surface area contributed by atoms with Crippen molar-refractivity contribution in [1.29, 1.82) is 0 Å². The second kappa shape index (κ2) is 6.04. The lowest BCUT2D eigenvalue weighted by Gasteiger charge is -2.05.